The molecule has 3 aromatic rings. The van der Waals surface area contributed by atoms with Crippen LogP contribution in [0.15, 0.2) is 42.6 Å². The van der Waals surface area contributed by atoms with Crippen LogP contribution in [-0.2, 0) is 22.7 Å². The topological polar surface area (TPSA) is 109 Å². The molecular weight excluding hydrogens is 489 g/mol. The van der Waals surface area contributed by atoms with Crippen LogP contribution >= 0.6 is 11.6 Å². The molecule has 2 N–H and O–H groups in total. The third-order valence-electron chi connectivity index (χ3n) is 6.97. The summed E-state index contributed by atoms with van der Waals surface area (Å²) in [7, 11) is 0. The molecule has 1 aliphatic heterocycles. The van der Waals surface area contributed by atoms with E-state index in [1.165, 1.54) is 6.92 Å². The van der Waals surface area contributed by atoms with Gasteiger partial charge in [-0.3, -0.25) is 14.4 Å². The molecule has 0 bridgehead atoms. The maximum Gasteiger partial charge on any atom is 0.335 e. The van der Waals surface area contributed by atoms with E-state index in [1.807, 2.05) is 24.3 Å². The van der Waals surface area contributed by atoms with Gasteiger partial charge >= 0.3 is 5.97 Å². The number of piperidine rings is 1. The number of amides is 2. The molecular formula is C26H23ClFN3O5. The van der Waals surface area contributed by atoms with Gasteiger partial charge in [0.05, 0.1) is 10.6 Å². The highest BCUT2D eigenvalue weighted by atomic mass is 35.5. The van der Waals surface area contributed by atoms with Crippen molar-refractivity contribution in [2.45, 2.75) is 44.9 Å². The van der Waals surface area contributed by atoms with Crippen LogP contribution in [0.1, 0.15) is 46.0 Å². The highest BCUT2D eigenvalue weighted by Gasteiger charge is 2.55. The predicted octanol–water partition coefficient (Wildman–Crippen LogP) is 3.64. The van der Waals surface area contributed by atoms with Gasteiger partial charge in [-0.15, -0.1) is 0 Å². The summed E-state index contributed by atoms with van der Waals surface area (Å²) in [6.45, 7) is 1.20. The number of aromatic carboxylic acids is 1. The van der Waals surface area contributed by atoms with Crippen LogP contribution in [0.4, 0.5) is 4.39 Å². The number of hydrogen-bond donors (Lipinski definition) is 2. The number of ketones is 1. The van der Waals surface area contributed by atoms with Crippen LogP contribution in [-0.4, -0.2) is 50.2 Å². The normalized spacial score (nSPS) is 20.3. The number of likely N-dealkylation sites (tertiary alicyclic amines) is 1. The second-order valence-corrected chi connectivity index (χ2v) is 9.72. The Morgan fingerprint density at radius 1 is 1.17 bits per heavy atom. The van der Waals surface area contributed by atoms with Crippen molar-refractivity contribution in [2.75, 3.05) is 0 Å². The zero-order valence-electron chi connectivity index (χ0n) is 19.3. The Morgan fingerprint density at radius 3 is 2.64 bits per heavy atom. The first-order chi connectivity index (χ1) is 17.2. The van der Waals surface area contributed by atoms with Crippen molar-refractivity contribution < 1.29 is 28.7 Å². The van der Waals surface area contributed by atoms with Gasteiger partial charge in [0.25, 0.3) is 0 Å². The van der Waals surface area contributed by atoms with Crippen molar-refractivity contribution in [1.29, 1.82) is 0 Å². The van der Waals surface area contributed by atoms with Crippen molar-refractivity contribution in [1.82, 2.24) is 14.8 Å². The Labute approximate surface area is 210 Å². The number of carboxylic acid groups (broad SMARTS) is 1. The van der Waals surface area contributed by atoms with E-state index in [-0.39, 0.29) is 52.9 Å². The van der Waals surface area contributed by atoms with Crippen molar-refractivity contribution in [2.24, 2.45) is 5.92 Å². The molecule has 8 nitrogen and oxygen atoms in total. The number of rotatable bonds is 7. The van der Waals surface area contributed by atoms with Gasteiger partial charge in [-0.05, 0) is 43.9 Å². The Balaban J connectivity index is 1.33. The maximum atomic E-state index is 14.4. The molecule has 36 heavy (non-hydrogen) atoms. The number of halogens is 2. The second kappa shape index (κ2) is 9.05. The van der Waals surface area contributed by atoms with Crippen molar-refractivity contribution in [3.05, 3.63) is 70.1 Å². The SMILES string of the molecule is CC(=O)c1cn(CC(=O)N2[C@@H]3CC3C[C@H]2C(=O)NCc2cc(C(=O)O)cc(Cl)c2F)c2ccccc12. The summed E-state index contributed by atoms with van der Waals surface area (Å²) in [4.78, 5) is 51.4. The average Bonchev–Trinajstić information content (AvgIpc) is 3.34. The highest BCUT2D eigenvalue weighted by molar-refractivity contribution is 6.31. The highest BCUT2D eigenvalue weighted by Crippen LogP contribution is 2.48. The number of aromatic nitrogens is 1. The van der Waals surface area contributed by atoms with E-state index in [0.717, 1.165) is 29.5 Å². The van der Waals surface area contributed by atoms with Crippen LogP contribution in [0.3, 0.4) is 0 Å². The average molecular weight is 512 g/mol. The molecule has 2 aromatic carbocycles. The van der Waals surface area contributed by atoms with Crippen LogP contribution < -0.4 is 5.32 Å². The first-order valence-electron chi connectivity index (χ1n) is 11.5. The molecule has 1 aliphatic carbocycles. The molecule has 3 atom stereocenters. The van der Waals surface area contributed by atoms with E-state index >= 15 is 0 Å². The Morgan fingerprint density at radius 2 is 1.92 bits per heavy atom. The van der Waals surface area contributed by atoms with Crippen molar-refractivity contribution in [3.63, 3.8) is 0 Å². The minimum absolute atomic E-state index is 0.0221. The summed E-state index contributed by atoms with van der Waals surface area (Å²) in [5.74, 6) is -2.60. The minimum atomic E-state index is -1.26. The smallest absolute Gasteiger partial charge is 0.335 e. The molecule has 0 radical (unpaired) electrons. The molecule has 1 aromatic heterocycles. The van der Waals surface area contributed by atoms with Gasteiger partial charge in [0.15, 0.2) is 5.78 Å². The Kier molecular flexibility index (Phi) is 6.04. The van der Waals surface area contributed by atoms with Gasteiger partial charge in [0.2, 0.25) is 11.8 Å². The maximum absolute atomic E-state index is 14.4. The zero-order valence-corrected chi connectivity index (χ0v) is 20.1. The molecule has 2 aliphatic rings. The van der Waals surface area contributed by atoms with Gasteiger partial charge < -0.3 is 19.9 Å². The third-order valence-corrected chi connectivity index (χ3v) is 7.25. The van der Waals surface area contributed by atoms with E-state index in [9.17, 15) is 28.7 Å². The van der Waals surface area contributed by atoms with Gasteiger partial charge in [-0.25, -0.2) is 9.18 Å². The summed E-state index contributed by atoms with van der Waals surface area (Å²) < 4.78 is 16.1. The number of carbonyl (C=O) groups is 4. The van der Waals surface area contributed by atoms with Crippen LogP contribution in [0.5, 0.6) is 0 Å². The predicted molar refractivity (Wildman–Crippen MR) is 129 cm³/mol. The molecule has 1 saturated carbocycles. The molecule has 0 spiro atoms. The lowest BCUT2D eigenvalue weighted by molar-refractivity contribution is -0.140. The quantitative estimate of drug-likeness (QED) is 0.471. The number of fused-ring (bicyclic) bond motifs is 2. The molecule has 186 valence electrons. The Hall–Kier alpha value is -3.72. The fourth-order valence-corrected chi connectivity index (χ4v) is 5.37. The molecule has 1 unspecified atom stereocenters. The van der Waals surface area contributed by atoms with E-state index in [4.69, 9.17) is 11.6 Å². The number of carbonyl (C=O) groups excluding carboxylic acids is 3. The monoisotopic (exact) mass is 511 g/mol. The molecule has 1 saturated heterocycles. The Bertz CT molecular complexity index is 1430. The van der Waals surface area contributed by atoms with E-state index in [2.05, 4.69) is 5.32 Å². The summed E-state index contributed by atoms with van der Waals surface area (Å²) in [5, 5.41) is 12.2. The molecule has 2 heterocycles. The molecule has 2 amide bonds. The first-order valence-corrected chi connectivity index (χ1v) is 11.9. The standard InChI is InChI=1S/C26H23ClFN3O5/c1-13(32)18-11-30(20-5-3-2-4-17(18)20)12-23(33)31-21-8-14(21)9-22(31)25(34)29-10-16-6-15(26(35)36)7-19(27)24(16)28/h2-7,11,14,21-22H,8-10,12H2,1H3,(H,29,34)(H,35,36)/t14?,21-,22+/m1/s1. The minimum Gasteiger partial charge on any atom is -0.478 e. The fourth-order valence-electron chi connectivity index (χ4n) is 5.13. The second-order valence-electron chi connectivity index (χ2n) is 9.31. The van der Waals surface area contributed by atoms with Crippen LogP contribution in [0.25, 0.3) is 10.9 Å². The van der Waals surface area contributed by atoms with E-state index in [1.54, 1.807) is 15.7 Å². The fraction of sp³-hybridized carbons (Fsp3) is 0.308. The largest absolute Gasteiger partial charge is 0.478 e. The molecule has 5 rings (SSSR count). The molecule has 10 heteroatoms. The number of carboxylic acids is 1. The number of para-hydroxylation sites is 1. The first kappa shape index (κ1) is 24.0. The number of hydrogen-bond acceptors (Lipinski definition) is 4. The van der Waals surface area contributed by atoms with Crippen molar-refractivity contribution in [3.8, 4) is 0 Å². The number of benzene rings is 2. The number of nitrogens with zero attached hydrogens (tertiary/aromatic N) is 2. The number of Topliss-reactive ketones (excluding diaryl/α,β-unsaturated/α-hetero) is 1. The van der Waals surface area contributed by atoms with Gasteiger partial charge in [0, 0.05) is 40.8 Å². The van der Waals surface area contributed by atoms with Crippen LogP contribution in [0.2, 0.25) is 5.02 Å². The number of nitrogens with one attached hydrogen (secondary N) is 1. The summed E-state index contributed by atoms with van der Waals surface area (Å²) in [6, 6.07) is 8.75. The lowest BCUT2D eigenvalue weighted by Gasteiger charge is -2.27. The lowest BCUT2D eigenvalue weighted by Crippen LogP contribution is -2.48. The van der Waals surface area contributed by atoms with Gasteiger partial charge in [-0.2, -0.15) is 0 Å². The lowest BCUT2D eigenvalue weighted by atomic mass is 10.1. The van der Waals surface area contributed by atoms with Crippen LogP contribution in [0, 0.1) is 11.7 Å². The van der Waals surface area contributed by atoms with Crippen molar-refractivity contribution >= 4 is 46.1 Å². The molecule has 2 fully saturated rings. The van der Waals surface area contributed by atoms with E-state index in [0.29, 0.717) is 12.0 Å². The van der Waals surface area contributed by atoms with Gasteiger partial charge in [0.1, 0.15) is 18.4 Å². The zero-order chi connectivity index (χ0) is 25.7. The summed E-state index contributed by atoms with van der Waals surface area (Å²) in [5.41, 5.74) is 1.05. The third kappa shape index (κ3) is 4.24. The summed E-state index contributed by atoms with van der Waals surface area (Å²) >= 11 is 5.81. The summed E-state index contributed by atoms with van der Waals surface area (Å²) in [6.07, 6.45) is 3.00. The van der Waals surface area contributed by atoms with E-state index < -0.39 is 23.7 Å². The van der Waals surface area contributed by atoms with Gasteiger partial charge in [-0.1, -0.05) is 29.8 Å².